The van der Waals surface area contributed by atoms with Crippen LogP contribution in [0.25, 0.3) is 0 Å². The van der Waals surface area contributed by atoms with Crippen LogP contribution in [0, 0.1) is 5.41 Å². The smallest absolute Gasteiger partial charge is 0.306 e. The zero-order valence-corrected chi connectivity index (χ0v) is 19.9. The number of esters is 1. The van der Waals surface area contributed by atoms with Crippen molar-refractivity contribution in [2.24, 2.45) is 5.41 Å². The predicted molar refractivity (Wildman–Crippen MR) is 122 cm³/mol. The molecule has 0 amide bonds. The summed E-state index contributed by atoms with van der Waals surface area (Å²) >= 11 is 0. The van der Waals surface area contributed by atoms with Gasteiger partial charge in [-0.2, -0.15) is 0 Å². The number of hydrogen-bond acceptors (Lipinski definition) is 4. The van der Waals surface area contributed by atoms with Crippen molar-refractivity contribution in [3.05, 3.63) is 35.9 Å². The molecule has 6 heteroatoms. The highest BCUT2D eigenvalue weighted by Crippen LogP contribution is 2.51. The summed E-state index contributed by atoms with van der Waals surface area (Å²) in [6, 6.07) is 10.7. The predicted octanol–water partition coefficient (Wildman–Crippen LogP) is 4.75. The summed E-state index contributed by atoms with van der Waals surface area (Å²) < 4.78 is 6.35. The van der Waals surface area contributed by atoms with E-state index in [9.17, 15) is 4.79 Å². The first kappa shape index (κ1) is 27.2. The average Bonchev–Trinajstić information content (AvgIpc) is 2.64. The molecule has 0 spiro atoms. The Hall–Kier alpha value is -0.810. The molecular weight excluding hydrogens is 395 g/mol. The van der Waals surface area contributed by atoms with Gasteiger partial charge in [0.25, 0.3) is 0 Å². The monoisotopic (exact) mass is 432 g/mol. The van der Waals surface area contributed by atoms with Gasteiger partial charge in [0.15, 0.2) is 0 Å². The number of nitrogens with zero attached hydrogens (tertiary/aromatic N) is 2. The number of carbonyl (C=O) groups is 1. The lowest BCUT2D eigenvalue weighted by Crippen LogP contribution is -2.63. The third kappa shape index (κ3) is 5.41. The third-order valence-electron chi connectivity index (χ3n) is 6.19. The standard InChI is InChI=1S/C22H36N2O2.2ClH/c1-7-20(25)26-22(19-13-11-10-12-14-19)15-18(4)23(6)16-21(22,5)17-24(8-2)9-3;;/h10-14,18H,7-9,15-17H2,1-6H3;2*1H. The number of ether oxygens (including phenoxy) is 1. The van der Waals surface area contributed by atoms with E-state index < -0.39 is 5.60 Å². The van der Waals surface area contributed by atoms with Crippen molar-refractivity contribution >= 4 is 30.8 Å². The average molecular weight is 433 g/mol. The largest absolute Gasteiger partial charge is 0.453 e. The summed E-state index contributed by atoms with van der Waals surface area (Å²) in [5.74, 6) is -0.114. The van der Waals surface area contributed by atoms with Gasteiger partial charge in [0.2, 0.25) is 0 Å². The molecule has 0 N–H and O–H groups in total. The minimum absolute atomic E-state index is 0. The fraction of sp³-hybridized carbons (Fsp3) is 0.682. The van der Waals surface area contributed by atoms with Gasteiger partial charge in [-0.05, 0) is 32.6 Å². The van der Waals surface area contributed by atoms with Crippen LogP contribution in [-0.2, 0) is 15.1 Å². The Bertz CT molecular complexity index is 597. The SMILES string of the molecule is CCC(=O)OC1(c2ccccc2)CC(C)N(C)CC1(C)CN(CC)CC.Cl.Cl. The number of halogens is 2. The van der Waals surface area contributed by atoms with Crippen molar-refractivity contribution < 1.29 is 9.53 Å². The van der Waals surface area contributed by atoms with E-state index in [1.807, 2.05) is 13.0 Å². The first-order valence-corrected chi connectivity index (χ1v) is 10.0. The molecule has 1 fully saturated rings. The van der Waals surface area contributed by atoms with Gasteiger partial charge < -0.3 is 14.5 Å². The van der Waals surface area contributed by atoms with Crippen molar-refractivity contribution in [2.45, 2.75) is 59.1 Å². The second kappa shape index (κ2) is 11.4. The van der Waals surface area contributed by atoms with Gasteiger partial charge in [-0.25, -0.2) is 0 Å². The van der Waals surface area contributed by atoms with Gasteiger partial charge in [0, 0.05) is 37.4 Å². The molecule has 3 atom stereocenters. The highest BCUT2D eigenvalue weighted by atomic mass is 35.5. The Balaban J connectivity index is 0.00000364. The van der Waals surface area contributed by atoms with E-state index in [1.54, 1.807) is 0 Å². The molecule has 1 aliphatic rings. The van der Waals surface area contributed by atoms with Crippen LogP contribution in [0.2, 0.25) is 0 Å². The lowest BCUT2D eigenvalue weighted by atomic mass is 9.63. The molecular formula is C22H38Cl2N2O2. The second-order valence-electron chi connectivity index (χ2n) is 8.01. The maximum Gasteiger partial charge on any atom is 0.306 e. The van der Waals surface area contributed by atoms with Crippen LogP contribution < -0.4 is 0 Å². The lowest BCUT2D eigenvalue weighted by molar-refractivity contribution is -0.201. The van der Waals surface area contributed by atoms with Crippen molar-refractivity contribution in [3.8, 4) is 0 Å². The van der Waals surface area contributed by atoms with Crippen LogP contribution in [0.4, 0.5) is 0 Å². The number of likely N-dealkylation sites (tertiary alicyclic amines) is 1. The molecule has 3 unspecified atom stereocenters. The van der Waals surface area contributed by atoms with Crippen LogP contribution >= 0.6 is 24.8 Å². The molecule has 1 saturated heterocycles. The van der Waals surface area contributed by atoms with Crippen molar-refractivity contribution in [1.29, 1.82) is 0 Å². The maximum atomic E-state index is 12.5. The van der Waals surface area contributed by atoms with E-state index in [1.165, 1.54) is 0 Å². The molecule has 2 rings (SSSR count). The molecule has 0 radical (unpaired) electrons. The van der Waals surface area contributed by atoms with E-state index in [-0.39, 0.29) is 36.2 Å². The topological polar surface area (TPSA) is 32.8 Å². The van der Waals surface area contributed by atoms with Crippen LogP contribution in [-0.4, -0.2) is 55.0 Å². The fourth-order valence-electron chi connectivity index (χ4n) is 4.43. The van der Waals surface area contributed by atoms with Gasteiger partial charge in [-0.15, -0.1) is 24.8 Å². The van der Waals surface area contributed by atoms with E-state index >= 15 is 0 Å². The summed E-state index contributed by atoms with van der Waals surface area (Å²) in [6.07, 6.45) is 1.22. The first-order valence-electron chi connectivity index (χ1n) is 10.0. The molecule has 1 aliphatic heterocycles. The van der Waals surface area contributed by atoms with Crippen LogP contribution in [0.3, 0.4) is 0 Å². The lowest BCUT2D eigenvalue weighted by Gasteiger charge is -2.57. The molecule has 4 nitrogen and oxygen atoms in total. The summed E-state index contributed by atoms with van der Waals surface area (Å²) in [4.78, 5) is 17.4. The van der Waals surface area contributed by atoms with E-state index in [2.05, 4.69) is 68.8 Å². The number of rotatable bonds is 7. The Morgan fingerprint density at radius 1 is 1.18 bits per heavy atom. The summed E-state index contributed by atoms with van der Waals surface area (Å²) in [6.45, 7) is 14.6. The normalized spacial score (nSPS) is 27.6. The minimum Gasteiger partial charge on any atom is -0.453 e. The van der Waals surface area contributed by atoms with Gasteiger partial charge in [-0.1, -0.05) is 58.0 Å². The number of piperidine rings is 1. The van der Waals surface area contributed by atoms with Gasteiger partial charge in [0.1, 0.15) is 5.60 Å². The third-order valence-corrected chi connectivity index (χ3v) is 6.19. The van der Waals surface area contributed by atoms with E-state index in [0.717, 1.165) is 38.2 Å². The quantitative estimate of drug-likeness (QED) is 0.581. The van der Waals surface area contributed by atoms with Gasteiger partial charge in [-0.3, -0.25) is 4.79 Å². The molecule has 0 saturated carbocycles. The van der Waals surface area contributed by atoms with E-state index in [4.69, 9.17) is 4.74 Å². The molecule has 1 aromatic carbocycles. The highest BCUT2D eigenvalue weighted by Gasteiger charge is 2.57. The van der Waals surface area contributed by atoms with Crippen LogP contribution in [0.5, 0.6) is 0 Å². The zero-order chi connectivity index (χ0) is 19.4. The zero-order valence-electron chi connectivity index (χ0n) is 18.2. The Morgan fingerprint density at radius 2 is 1.75 bits per heavy atom. The summed E-state index contributed by atoms with van der Waals surface area (Å²) in [5, 5.41) is 0. The molecule has 0 aliphatic carbocycles. The minimum atomic E-state index is -0.601. The highest BCUT2D eigenvalue weighted by molar-refractivity contribution is 5.85. The van der Waals surface area contributed by atoms with Crippen LogP contribution in [0.15, 0.2) is 30.3 Å². The summed E-state index contributed by atoms with van der Waals surface area (Å²) in [5.41, 5.74) is 0.332. The number of hydrogen-bond donors (Lipinski definition) is 0. The number of carbonyl (C=O) groups excluding carboxylic acids is 1. The van der Waals surface area contributed by atoms with Crippen molar-refractivity contribution in [2.75, 3.05) is 33.2 Å². The van der Waals surface area contributed by atoms with Crippen molar-refractivity contribution in [3.63, 3.8) is 0 Å². The first-order chi connectivity index (χ1) is 12.3. The molecule has 1 heterocycles. The molecule has 0 bridgehead atoms. The fourth-order valence-corrected chi connectivity index (χ4v) is 4.43. The Labute approximate surface area is 183 Å². The second-order valence-corrected chi connectivity index (χ2v) is 8.01. The number of benzene rings is 1. The molecule has 0 aromatic heterocycles. The Morgan fingerprint density at radius 3 is 2.25 bits per heavy atom. The molecule has 28 heavy (non-hydrogen) atoms. The van der Waals surface area contributed by atoms with E-state index in [0.29, 0.717) is 12.5 Å². The molecule has 162 valence electrons. The molecule has 1 aromatic rings. The van der Waals surface area contributed by atoms with Gasteiger partial charge in [0.05, 0.1) is 0 Å². The van der Waals surface area contributed by atoms with Gasteiger partial charge >= 0.3 is 5.97 Å². The Kier molecular flexibility index (Phi) is 11.1. The van der Waals surface area contributed by atoms with Crippen LogP contribution in [0.1, 0.15) is 53.0 Å². The van der Waals surface area contributed by atoms with Crippen molar-refractivity contribution in [1.82, 2.24) is 9.80 Å². The summed E-state index contributed by atoms with van der Waals surface area (Å²) in [7, 11) is 2.18. The maximum absolute atomic E-state index is 12.5.